The first-order chi connectivity index (χ1) is 11.7. The number of nitrogens with zero attached hydrogens (tertiary/aromatic N) is 2. The Hall–Kier alpha value is -3.09. The molecule has 0 atom stereocenters. The minimum atomic E-state index is -0.595. The van der Waals surface area contributed by atoms with Crippen LogP contribution in [0.1, 0.15) is 10.4 Å². The van der Waals surface area contributed by atoms with Gasteiger partial charge in [0.1, 0.15) is 16.6 Å². The van der Waals surface area contributed by atoms with Crippen LogP contribution < -0.4 is 14.2 Å². The van der Waals surface area contributed by atoms with Crippen molar-refractivity contribution in [3.8, 4) is 17.2 Å². The summed E-state index contributed by atoms with van der Waals surface area (Å²) in [5, 5.41) is 0. The molecule has 7 nitrogen and oxygen atoms in total. The highest BCUT2D eigenvalue weighted by molar-refractivity contribution is 6.09. The molecule has 0 aliphatic carbocycles. The van der Waals surface area contributed by atoms with Gasteiger partial charge in [-0.25, -0.2) is 14.8 Å². The molecule has 0 unspecified atom stereocenters. The van der Waals surface area contributed by atoms with Gasteiger partial charge >= 0.3 is 5.97 Å². The molecule has 3 aromatic rings. The molecule has 0 amide bonds. The summed E-state index contributed by atoms with van der Waals surface area (Å²) in [4.78, 5) is 21.5. The van der Waals surface area contributed by atoms with Crippen molar-refractivity contribution in [1.29, 1.82) is 0 Å². The summed E-state index contributed by atoms with van der Waals surface area (Å²) in [7, 11) is 5.68. The van der Waals surface area contributed by atoms with Gasteiger partial charge in [-0.05, 0) is 12.1 Å². The van der Waals surface area contributed by atoms with Crippen LogP contribution >= 0.6 is 0 Å². The smallest absolute Gasteiger partial charge is 0.344 e. The molecule has 0 saturated heterocycles. The second-order valence-corrected chi connectivity index (χ2v) is 4.88. The third-order valence-electron chi connectivity index (χ3n) is 3.66. The van der Waals surface area contributed by atoms with E-state index in [-0.39, 0.29) is 17.1 Å². The van der Waals surface area contributed by atoms with Crippen molar-refractivity contribution in [2.75, 3.05) is 28.4 Å². The Morgan fingerprint density at radius 3 is 1.83 bits per heavy atom. The molecule has 1 heterocycles. The molecule has 24 heavy (non-hydrogen) atoms. The zero-order valence-electron chi connectivity index (χ0n) is 13.7. The van der Waals surface area contributed by atoms with Crippen LogP contribution in [0.4, 0.5) is 0 Å². The second-order valence-electron chi connectivity index (χ2n) is 4.88. The average molecular weight is 328 g/mol. The van der Waals surface area contributed by atoms with Crippen molar-refractivity contribution in [2.45, 2.75) is 0 Å². The number of para-hydroxylation sites is 2. The lowest BCUT2D eigenvalue weighted by Crippen LogP contribution is -2.09. The Balaban J connectivity index is 2.57. The average Bonchev–Trinajstić information content (AvgIpc) is 2.63. The van der Waals surface area contributed by atoms with Crippen molar-refractivity contribution in [1.82, 2.24) is 9.97 Å². The van der Waals surface area contributed by atoms with Crippen LogP contribution in [0, 0.1) is 0 Å². The lowest BCUT2D eigenvalue weighted by atomic mass is 10.1. The van der Waals surface area contributed by atoms with Gasteiger partial charge in [-0.1, -0.05) is 12.1 Å². The third-order valence-corrected chi connectivity index (χ3v) is 3.66. The Labute approximate surface area is 138 Å². The van der Waals surface area contributed by atoms with Gasteiger partial charge in [0.2, 0.25) is 5.75 Å². The molecule has 0 fully saturated rings. The van der Waals surface area contributed by atoms with Crippen LogP contribution in [0.15, 0.2) is 24.3 Å². The highest BCUT2D eigenvalue weighted by Crippen LogP contribution is 2.46. The summed E-state index contributed by atoms with van der Waals surface area (Å²) < 4.78 is 21.1. The number of rotatable bonds is 4. The molecule has 124 valence electrons. The summed E-state index contributed by atoms with van der Waals surface area (Å²) >= 11 is 0. The highest BCUT2D eigenvalue weighted by atomic mass is 16.5. The number of carbonyl (C=O) groups is 1. The van der Waals surface area contributed by atoms with Gasteiger partial charge in [-0.3, -0.25) is 0 Å². The molecule has 3 rings (SSSR count). The van der Waals surface area contributed by atoms with E-state index in [9.17, 15) is 4.79 Å². The molecule has 0 N–H and O–H groups in total. The highest BCUT2D eigenvalue weighted by Gasteiger charge is 2.29. The number of fused-ring (bicyclic) bond motifs is 2. The zero-order valence-corrected chi connectivity index (χ0v) is 13.7. The van der Waals surface area contributed by atoms with E-state index in [1.807, 2.05) is 24.3 Å². The first-order valence-electron chi connectivity index (χ1n) is 7.13. The maximum absolute atomic E-state index is 12.3. The fourth-order valence-corrected chi connectivity index (χ4v) is 2.63. The molecular formula is C17H16N2O5. The van der Waals surface area contributed by atoms with Gasteiger partial charge in [0.05, 0.1) is 39.5 Å². The van der Waals surface area contributed by atoms with E-state index in [1.54, 1.807) is 0 Å². The molecule has 7 heteroatoms. The molecular weight excluding hydrogens is 312 g/mol. The molecule has 0 radical (unpaired) electrons. The molecule has 1 aromatic heterocycles. The van der Waals surface area contributed by atoms with Crippen LogP contribution in [-0.4, -0.2) is 44.4 Å². The maximum atomic E-state index is 12.3. The van der Waals surface area contributed by atoms with E-state index in [0.717, 1.165) is 0 Å². The third kappa shape index (κ3) is 2.25. The van der Waals surface area contributed by atoms with Crippen LogP contribution in [0.2, 0.25) is 0 Å². The number of methoxy groups -OCH3 is 4. The molecule has 0 aliphatic rings. The molecule has 0 spiro atoms. The maximum Gasteiger partial charge on any atom is 0.344 e. The largest absolute Gasteiger partial charge is 0.492 e. The summed E-state index contributed by atoms with van der Waals surface area (Å²) in [6, 6.07) is 7.34. The van der Waals surface area contributed by atoms with Crippen LogP contribution in [0.5, 0.6) is 17.2 Å². The lowest BCUT2D eigenvalue weighted by Gasteiger charge is -2.17. The van der Waals surface area contributed by atoms with Gasteiger partial charge in [0.25, 0.3) is 0 Å². The van der Waals surface area contributed by atoms with Crippen molar-refractivity contribution in [3.63, 3.8) is 0 Å². The number of hydrogen-bond donors (Lipinski definition) is 0. The van der Waals surface area contributed by atoms with Gasteiger partial charge in [-0.2, -0.15) is 0 Å². The topological polar surface area (TPSA) is 79.8 Å². The standard InChI is InChI=1S/C17H16N2O5/c1-21-14-11(17(20)24-4)12-13(15(22-2)16(14)23-3)19-10-8-6-5-7-9(10)18-12/h5-8H,1-4H3. The Bertz CT molecular complexity index is 939. The Morgan fingerprint density at radius 1 is 0.792 bits per heavy atom. The summed E-state index contributed by atoms with van der Waals surface area (Å²) in [6.45, 7) is 0. The van der Waals surface area contributed by atoms with E-state index in [0.29, 0.717) is 27.8 Å². The van der Waals surface area contributed by atoms with E-state index in [2.05, 4.69) is 9.97 Å². The van der Waals surface area contributed by atoms with Gasteiger partial charge in [-0.15, -0.1) is 0 Å². The van der Waals surface area contributed by atoms with Crippen molar-refractivity contribution in [3.05, 3.63) is 29.8 Å². The minimum absolute atomic E-state index is 0.144. The second kappa shape index (κ2) is 6.19. The number of aromatic nitrogens is 2. The zero-order chi connectivity index (χ0) is 17.3. The SMILES string of the molecule is COC(=O)c1c(OC)c(OC)c(OC)c2nc3ccccc3nc12. The van der Waals surface area contributed by atoms with Crippen molar-refractivity contribution >= 4 is 28.0 Å². The van der Waals surface area contributed by atoms with Crippen LogP contribution in [0.25, 0.3) is 22.1 Å². The number of carbonyl (C=O) groups excluding carboxylic acids is 1. The van der Waals surface area contributed by atoms with Gasteiger partial charge in [0.15, 0.2) is 11.5 Å². The first-order valence-corrected chi connectivity index (χ1v) is 7.13. The monoisotopic (exact) mass is 328 g/mol. The van der Waals surface area contributed by atoms with Crippen LogP contribution in [0.3, 0.4) is 0 Å². The number of benzene rings is 2. The summed E-state index contributed by atoms with van der Waals surface area (Å²) in [6.07, 6.45) is 0. The Kier molecular flexibility index (Phi) is 4.07. The number of ether oxygens (including phenoxy) is 4. The normalized spacial score (nSPS) is 10.7. The molecule has 0 saturated carbocycles. The van der Waals surface area contributed by atoms with Gasteiger partial charge < -0.3 is 18.9 Å². The Morgan fingerprint density at radius 2 is 1.33 bits per heavy atom. The quantitative estimate of drug-likeness (QED) is 0.538. The molecule has 2 aromatic carbocycles. The first kappa shape index (κ1) is 15.8. The number of hydrogen-bond acceptors (Lipinski definition) is 7. The van der Waals surface area contributed by atoms with Crippen LogP contribution in [-0.2, 0) is 4.74 Å². The molecule has 0 aliphatic heterocycles. The van der Waals surface area contributed by atoms with E-state index < -0.39 is 5.97 Å². The van der Waals surface area contributed by atoms with E-state index >= 15 is 0 Å². The van der Waals surface area contributed by atoms with Gasteiger partial charge in [0, 0.05) is 0 Å². The van der Waals surface area contributed by atoms with Crippen molar-refractivity contribution in [2.24, 2.45) is 0 Å². The molecule has 0 bridgehead atoms. The predicted molar refractivity (Wildman–Crippen MR) is 88.0 cm³/mol. The van der Waals surface area contributed by atoms with E-state index in [4.69, 9.17) is 18.9 Å². The van der Waals surface area contributed by atoms with Crippen molar-refractivity contribution < 1.29 is 23.7 Å². The summed E-state index contributed by atoms with van der Waals surface area (Å²) in [5.41, 5.74) is 2.19. The van der Waals surface area contributed by atoms with E-state index in [1.165, 1.54) is 28.4 Å². The fourth-order valence-electron chi connectivity index (χ4n) is 2.63. The number of esters is 1. The summed E-state index contributed by atoms with van der Waals surface area (Å²) in [5.74, 6) is 0.202. The lowest BCUT2D eigenvalue weighted by molar-refractivity contribution is 0.0598. The predicted octanol–water partition coefficient (Wildman–Crippen LogP) is 2.60. The minimum Gasteiger partial charge on any atom is -0.492 e. The fraction of sp³-hybridized carbons (Fsp3) is 0.235.